The van der Waals surface area contributed by atoms with Gasteiger partial charge in [-0.25, -0.2) is 13.2 Å². The molecule has 0 spiro atoms. The third-order valence-electron chi connectivity index (χ3n) is 3.89. The molecule has 0 saturated carbocycles. The number of carboxylic acids is 1. The summed E-state index contributed by atoms with van der Waals surface area (Å²) < 4.78 is 27.2. The number of carboxylic acid groups (broad SMARTS) is 1. The Morgan fingerprint density at radius 2 is 1.37 bits per heavy atom. The lowest BCUT2D eigenvalue weighted by Crippen LogP contribution is -2.15. The molecule has 0 amide bonds. The van der Waals surface area contributed by atoms with E-state index >= 15 is 0 Å². The number of nitrogens with one attached hydrogen (secondary N) is 1. The van der Waals surface area contributed by atoms with Gasteiger partial charge in [-0.2, -0.15) is 0 Å². The molecular formula is C20H16ClNO4S. The van der Waals surface area contributed by atoms with Crippen LogP contribution < -0.4 is 4.72 Å². The highest BCUT2D eigenvalue weighted by Crippen LogP contribution is 2.24. The second kappa shape index (κ2) is 7.82. The van der Waals surface area contributed by atoms with E-state index in [4.69, 9.17) is 16.7 Å². The van der Waals surface area contributed by atoms with E-state index in [1.54, 1.807) is 24.3 Å². The van der Waals surface area contributed by atoms with Gasteiger partial charge in [0.25, 0.3) is 0 Å². The predicted molar refractivity (Wildman–Crippen MR) is 107 cm³/mol. The maximum atomic E-state index is 12.3. The third-order valence-corrected chi connectivity index (χ3v) is 5.41. The number of aromatic carboxylic acids is 1. The summed E-state index contributed by atoms with van der Waals surface area (Å²) in [5.74, 6) is -1.30. The minimum Gasteiger partial charge on any atom is -0.478 e. The normalized spacial score (nSPS) is 11.1. The first kappa shape index (κ1) is 18.9. The molecule has 0 aliphatic carbocycles. The van der Waals surface area contributed by atoms with Crippen LogP contribution in [-0.4, -0.2) is 19.5 Å². The fraction of sp³-hybridized carbons (Fsp3) is 0.0500. The number of carbonyl (C=O) groups is 1. The van der Waals surface area contributed by atoms with Gasteiger partial charge in [0.05, 0.1) is 11.3 Å². The van der Waals surface area contributed by atoms with Crippen LogP contribution in [0.25, 0.3) is 11.1 Å². The van der Waals surface area contributed by atoms with Crippen LogP contribution in [0.15, 0.2) is 72.8 Å². The fourth-order valence-corrected chi connectivity index (χ4v) is 3.88. The summed E-state index contributed by atoms with van der Waals surface area (Å²) in [7, 11) is -3.62. The quantitative estimate of drug-likeness (QED) is 0.629. The Morgan fingerprint density at radius 3 is 1.89 bits per heavy atom. The lowest BCUT2D eigenvalue weighted by molar-refractivity contribution is 0.0697. The molecule has 3 aromatic carbocycles. The first-order valence-corrected chi connectivity index (χ1v) is 10.0. The maximum Gasteiger partial charge on any atom is 0.335 e. The smallest absolute Gasteiger partial charge is 0.335 e. The summed E-state index contributed by atoms with van der Waals surface area (Å²) in [4.78, 5) is 10.8. The van der Waals surface area contributed by atoms with E-state index in [0.717, 1.165) is 11.1 Å². The maximum absolute atomic E-state index is 12.3. The minimum absolute atomic E-state index is 0.113. The Bertz CT molecular complexity index is 1040. The SMILES string of the molecule is O=C(O)c1ccc(CS(=O)(=O)Nc2ccc(-c3ccc(Cl)cc3)cc2)cc1. The van der Waals surface area contributed by atoms with Crippen LogP contribution in [0.4, 0.5) is 5.69 Å². The van der Waals surface area contributed by atoms with E-state index in [0.29, 0.717) is 16.3 Å². The Morgan fingerprint density at radius 1 is 0.852 bits per heavy atom. The molecule has 0 aliphatic heterocycles. The summed E-state index contributed by atoms with van der Waals surface area (Å²) >= 11 is 5.88. The second-order valence-corrected chi connectivity index (χ2v) is 8.11. The van der Waals surface area contributed by atoms with E-state index in [9.17, 15) is 13.2 Å². The Labute approximate surface area is 162 Å². The molecule has 3 rings (SSSR count). The Kier molecular flexibility index (Phi) is 5.48. The van der Waals surface area contributed by atoms with Crippen LogP contribution in [0.5, 0.6) is 0 Å². The Hall–Kier alpha value is -2.83. The summed E-state index contributed by atoms with van der Waals surface area (Å²) in [6, 6.07) is 20.1. The molecule has 0 fully saturated rings. The molecule has 27 heavy (non-hydrogen) atoms. The molecule has 0 saturated heterocycles. The molecule has 0 heterocycles. The molecule has 138 valence electrons. The van der Waals surface area contributed by atoms with E-state index in [1.165, 1.54) is 24.3 Å². The molecule has 0 unspecified atom stereocenters. The molecular weight excluding hydrogens is 386 g/mol. The van der Waals surface area contributed by atoms with Crippen LogP contribution in [0, 0.1) is 0 Å². The molecule has 0 radical (unpaired) electrons. The van der Waals surface area contributed by atoms with Gasteiger partial charge in [-0.15, -0.1) is 0 Å². The van der Waals surface area contributed by atoms with Crippen LogP contribution in [0.2, 0.25) is 5.02 Å². The Balaban J connectivity index is 1.70. The standard InChI is InChI=1S/C20H16ClNO4S/c21-18-9-5-15(6-10-18)16-7-11-19(12-8-16)22-27(25,26)13-14-1-3-17(4-2-14)20(23)24/h1-12,22H,13H2,(H,23,24). The molecule has 2 N–H and O–H groups in total. The molecule has 0 bridgehead atoms. The average molecular weight is 402 g/mol. The zero-order valence-corrected chi connectivity index (χ0v) is 15.7. The van der Waals surface area contributed by atoms with Crippen molar-refractivity contribution in [3.63, 3.8) is 0 Å². The van der Waals surface area contributed by atoms with Gasteiger partial charge < -0.3 is 5.11 Å². The van der Waals surface area contributed by atoms with Crippen LogP contribution in [0.1, 0.15) is 15.9 Å². The lowest BCUT2D eigenvalue weighted by atomic mass is 10.1. The van der Waals surface area contributed by atoms with Crippen molar-refractivity contribution in [3.8, 4) is 11.1 Å². The summed E-state index contributed by atoms with van der Waals surface area (Å²) in [5.41, 5.74) is 2.99. The van der Waals surface area contributed by atoms with Gasteiger partial charge in [0, 0.05) is 10.7 Å². The van der Waals surface area contributed by atoms with Crippen molar-refractivity contribution in [1.82, 2.24) is 0 Å². The van der Waals surface area contributed by atoms with Gasteiger partial charge in [0.2, 0.25) is 10.0 Å². The van der Waals surface area contributed by atoms with E-state index in [2.05, 4.69) is 4.72 Å². The second-order valence-electron chi connectivity index (χ2n) is 5.95. The van der Waals surface area contributed by atoms with Crippen molar-refractivity contribution in [1.29, 1.82) is 0 Å². The zero-order chi connectivity index (χ0) is 19.4. The van der Waals surface area contributed by atoms with E-state index < -0.39 is 16.0 Å². The van der Waals surface area contributed by atoms with Crippen molar-refractivity contribution in [2.24, 2.45) is 0 Å². The molecule has 0 aromatic heterocycles. The molecule has 5 nitrogen and oxygen atoms in total. The number of sulfonamides is 1. The van der Waals surface area contributed by atoms with Crippen molar-refractivity contribution >= 4 is 33.3 Å². The predicted octanol–water partition coefficient (Wildman–Crippen LogP) is 4.65. The lowest BCUT2D eigenvalue weighted by Gasteiger charge is -2.09. The summed E-state index contributed by atoms with van der Waals surface area (Å²) in [6.07, 6.45) is 0. The molecule has 3 aromatic rings. The fourth-order valence-electron chi connectivity index (χ4n) is 2.55. The number of anilines is 1. The first-order valence-electron chi connectivity index (χ1n) is 8.01. The first-order chi connectivity index (χ1) is 12.8. The van der Waals surface area contributed by atoms with Gasteiger partial charge in [0.15, 0.2) is 0 Å². The largest absolute Gasteiger partial charge is 0.478 e. The van der Waals surface area contributed by atoms with E-state index in [1.807, 2.05) is 24.3 Å². The number of halogens is 1. The highest BCUT2D eigenvalue weighted by Gasteiger charge is 2.13. The van der Waals surface area contributed by atoms with Crippen molar-refractivity contribution in [2.75, 3.05) is 4.72 Å². The zero-order valence-electron chi connectivity index (χ0n) is 14.1. The highest BCUT2D eigenvalue weighted by atomic mass is 35.5. The van der Waals surface area contributed by atoms with Crippen molar-refractivity contribution < 1.29 is 18.3 Å². The summed E-state index contributed by atoms with van der Waals surface area (Å²) in [5, 5.41) is 9.54. The third kappa shape index (κ3) is 5.09. The topological polar surface area (TPSA) is 83.5 Å². The average Bonchev–Trinajstić information content (AvgIpc) is 2.63. The van der Waals surface area contributed by atoms with Crippen LogP contribution in [0.3, 0.4) is 0 Å². The number of hydrogen-bond donors (Lipinski definition) is 2. The molecule has 0 aliphatic rings. The number of benzene rings is 3. The van der Waals surface area contributed by atoms with Crippen molar-refractivity contribution in [2.45, 2.75) is 5.75 Å². The number of hydrogen-bond acceptors (Lipinski definition) is 3. The van der Waals surface area contributed by atoms with E-state index in [-0.39, 0.29) is 11.3 Å². The van der Waals surface area contributed by atoms with Crippen molar-refractivity contribution in [3.05, 3.63) is 88.9 Å². The van der Waals surface area contributed by atoms with Gasteiger partial charge in [0.1, 0.15) is 0 Å². The van der Waals surface area contributed by atoms with Crippen LogP contribution >= 0.6 is 11.6 Å². The van der Waals surface area contributed by atoms with Crippen LogP contribution in [-0.2, 0) is 15.8 Å². The minimum atomic E-state index is -3.62. The van der Waals surface area contributed by atoms with Gasteiger partial charge in [-0.3, -0.25) is 4.72 Å². The summed E-state index contributed by atoms with van der Waals surface area (Å²) in [6.45, 7) is 0. The van der Waals surface area contributed by atoms with Gasteiger partial charge in [-0.1, -0.05) is 48.0 Å². The van der Waals surface area contributed by atoms with Gasteiger partial charge in [-0.05, 0) is 53.1 Å². The van der Waals surface area contributed by atoms with Gasteiger partial charge >= 0.3 is 5.97 Å². The molecule has 7 heteroatoms. The molecule has 0 atom stereocenters. The monoisotopic (exact) mass is 401 g/mol. The number of rotatable bonds is 6. The highest BCUT2D eigenvalue weighted by molar-refractivity contribution is 7.91.